The molecule has 12 heteroatoms. The van der Waals surface area contributed by atoms with Gasteiger partial charge in [-0.3, -0.25) is 14.9 Å². The minimum Gasteiger partial charge on any atom is -0.494 e. The summed E-state index contributed by atoms with van der Waals surface area (Å²) in [5.41, 5.74) is 0.749. The monoisotopic (exact) mass is 490 g/mol. The van der Waals surface area contributed by atoms with Gasteiger partial charge in [0.2, 0.25) is 10.0 Å². The number of nitro benzene ring substituents is 1. The number of aryl methyl sites for hydroxylation is 1. The molecule has 0 radical (unpaired) electrons. The number of thiazole rings is 1. The van der Waals surface area contributed by atoms with E-state index in [-0.39, 0.29) is 16.1 Å². The van der Waals surface area contributed by atoms with E-state index in [0.29, 0.717) is 40.4 Å². The van der Waals surface area contributed by atoms with Crippen LogP contribution in [-0.4, -0.2) is 48.3 Å². The molecule has 0 saturated carbocycles. The summed E-state index contributed by atoms with van der Waals surface area (Å²) in [5, 5.41) is 11.2. The number of hydrogen-bond donors (Lipinski definition) is 0. The molecule has 1 amide bonds. The van der Waals surface area contributed by atoms with Crippen molar-refractivity contribution in [3.8, 4) is 5.75 Å². The molecule has 1 fully saturated rings. The molecule has 0 bridgehead atoms. The fraction of sp³-hybridized carbons (Fsp3) is 0.333. The molecule has 0 aliphatic carbocycles. The molecule has 1 aliphatic rings. The number of benzene rings is 2. The first-order valence-electron chi connectivity index (χ1n) is 10.3. The van der Waals surface area contributed by atoms with Crippen molar-refractivity contribution in [1.82, 2.24) is 8.87 Å². The van der Waals surface area contributed by atoms with E-state index in [1.165, 1.54) is 47.8 Å². The summed E-state index contributed by atoms with van der Waals surface area (Å²) in [4.78, 5) is 28.3. The van der Waals surface area contributed by atoms with Crippen molar-refractivity contribution in [3.05, 3.63) is 56.9 Å². The smallest absolute Gasteiger partial charge is 0.279 e. The van der Waals surface area contributed by atoms with E-state index >= 15 is 0 Å². The Morgan fingerprint density at radius 3 is 2.45 bits per heavy atom. The van der Waals surface area contributed by atoms with Crippen LogP contribution in [0.3, 0.4) is 0 Å². The quantitative estimate of drug-likeness (QED) is 0.386. The molecule has 1 saturated heterocycles. The number of nitrogens with zero attached hydrogens (tertiary/aromatic N) is 4. The van der Waals surface area contributed by atoms with E-state index in [1.54, 1.807) is 4.57 Å². The van der Waals surface area contributed by atoms with Crippen LogP contribution < -0.4 is 9.54 Å². The van der Waals surface area contributed by atoms with Gasteiger partial charge in [-0.25, -0.2) is 8.42 Å². The topological polar surface area (TPSA) is 124 Å². The van der Waals surface area contributed by atoms with Gasteiger partial charge in [0.1, 0.15) is 5.52 Å². The van der Waals surface area contributed by atoms with E-state index in [0.717, 1.165) is 24.2 Å². The maximum atomic E-state index is 12.8. The summed E-state index contributed by atoms with van der Waals surface area (Å²) < 4.78 is 34.5. The number of methoxy groups -OCH3 is 1. The first kappa shape index (κ1) is 23.1. The molecule has 2 aromatic carbocycles. The molecule has 174 valence electrons. The number of sulfonamides is 1. The maximum absolute atomic E-state index is 12.8. The van der Waals surface area contributed by atoms with Gasteiger partial charge < -0.3 is 9.30 Å². The Morgan fingerprint density at radius 2 is 1.88 bits per heavy atom. The molecule has 0 atom stereocenters. The Labute approximate surface area is 193 Å². The molecule has 4 rings (SSSR count). The highest BCUT2D eigenvalue weighted by molar-refractivity contribution is 7.89. The number of hydrogen-bond acceptors (Lipinski definition) is 7. The number of rotatable bonds is 6. The van der Waals surface area contributed by atoms with Gasteiger partial charge in [0, 0.05) is 31.3 Å². The summed E-state index contributed by atoms with van der Waals surface area (Å²) >= 11 is 1.15. The summed E-state index contributed by atoms with van der Waals surface area (Å²) in [7, 11) is -2.14. The van der Waals surface area contributed by atoms with Gasteiger partial charge in [-0.2, -0.15) is 9.30 Å². The molecular formula is C21H22N4O6S2. The second-order valence-corrected chi connectivity index (χ2v) is 10.4. The fourth-order valence-corrected chi connectivity index (χ4v) is 6.46. The van der Waals surface area contributed by atoms with E-state index in [9.17, 15) is 23.3 Å². The largest absolute Gasteiger partial charge is 0.494 e. The predicted octanol–water partition coefficient (Wildman–Crippen LogP) is 3.17. The van der Waals surface area contributed by atoms with Gasteiger partial charge in [-0.05, 0) is 44.0 Å². The molecule has 1 aliphatic heterocycles. The van der Waals surface area contributed by atoms with Crippen LogP contribution in [-0.2, 0) is 16.6 Å². The Hall–Kier alpha value is -3.09. The molecule has 1 aromatic heterocycles. The lowest BCUT2D eigenvalue weighted by molar-refractivity contribution is -0.384. The number of carbonyl (C=O) groups is 1. The second-order valence-electron chi connectivity index (χ2n) is 7.43. The Kier molecular flexibility index (Phi) is 6.32. The van der Waals surface area contributed by atoms with Gasteiger partial charge in [-0.15, -0.1) is 0 Å². The lowest BCUT2D eigenvalue weighted by Crippen LogP contribution is -2.27. The number of amides is 1. The van der Waals surface area contributed by atoms with Crippen LogP contribution in [0.4, 0.5) is 5.69 Å². The third-order valence-corrected chi connectivity index (χ3v) is 8.41. The second kappa shape index (κ2) is 9.04. The lowest BCUT2D eigenvalue weighted by Gasteiger charge is -2.15. The molecule has 2 heterocycles. The van der Waals surface area contributed by atoms with Crippen molar-refractivity contribution in [3.63, 3.8) is 0 Å². The SMILES string of the molecule is CCn1c(=NC(=O)c2ccc(S(=O)(=O)N3CCCC3)cc2)sc2cc([N+](=O)[O-])cc(OC)c21. The van der Waals surface area contributed by atoms with E-state index in [2.05, 4.69) is 4.99 Å². The highest BCUT2D eigenvalue weighted by atomic mass is 32.2. The highest BCUT2D eigenvalue weighted by Crippen LogP contribution is 2.32. The van der Waals surface area contributed by atoms with E-state index in [1.807, 2.05) is 6.92 Å². The van der Waals surface area contributed by atoms with Crippen LogP contribution in [0, 0.1) is 10.1 Å². The van der Waals surface area contributed by atoms with Crippen molar-refractivity contribution < 1.29 is 22.9 Å². The number of non-ortho nitro benzene ring substituents is 1. The molecule has 33 heavy (non-hydrogen) atoms. The van der Waals surface area contributed by atoms with Gasteiger partial charge in [-0.1, -0.05) is 11.3 Å². The molecule has 0 unspecified atom stereocenters. The van der Waals surface area contributed by atoms with Crippen LogP contribution >= 0.6 is 11.3 Å². The molecule has 0 spiro atoms. The van der Waals surface area contributed by atoms with Gasteiger partial charge in [0.05, 0.1) is 27.7 Å². The summed E-state index contributed by atoms with van der Waals surface area (Å²) in [6, 6.07) is 8.50. The molecular weight excluding hydrogens is 468 g/mol. The zero-order valence-electron chi connectivity index (χ0n) is 18.1. The van der Waals surface area contributed by atoms with Gasteiger partial charge in [0.15, 0.2) is 10.6 Å². The summed E-state index contributed by atoms with van der Waals surface area (Å²) in [5.74, 6) is -0.218. The van der Waals surface area contributed by atoms with Crippen LogP contribution in [0.15, 0.2) is 46.3 Å². The minimum atomic E-state index is -3.57. The number of aromatic nitrogens is 1. The number of fused-ring (bicyclic) bond motifs is 1. The molecule has 0 N–H and O–H groups in total. The van der Waals surface area contributed by atoms with Crippen LogP contribution in [0.1, 0.15) is 30.1 Å². The maximum Gasteiger partial charge on any atom is 0.279 e. The average Bonchev–Trinajstić information content (AvgIpc) is 3.46. The Balaban J connectivity index is 1.72. The predicted molar refractivity (Wildman–Crippen MR) is 123 cm³/mol. The summed E-state index contributed by atoms with van der Waals surface area (Å²) in [6.07, 6.45) is 1.68. The van der Waals surface area contributed by atoms with E-state index in [4.69, 9.17) is 4.74 Å². The Morgan fingerprint density at radius 1 is 1.21 bits per heavy atom. The normalized spacial score (nSPS) is 15.3. The van der Waals surface area contributed by atoms with Crippen molar-refractivity contribution in [2.75, 3.05) is 20.2 Å². The average molecular weight is 491 g/mol. The lowest BCUT2D eigenvalue weighted by atomic mass is 10.2. The Bertz CT molecular complexity index is 1400. The third-order valence-electron chi connectivity index (χ3n) is 5.48. The molecule has 10 nitrogen and oxygen atoms in total. The summed E-state index contributed by atoms with van der Waals surface area (Å²) in [6.45, 7) is 3.34. The van der Waals surface area contributed by atoms with Crippen LogP contribution in [0.5, 0.6) is 5.75 Å². The van der Waals surface area contributed by atoms with Gasteiger partial charge in [0.25, 0.3) is 11.6 Å². The van der Waals surface area contributed by atoms with Crippen molar-refractivity contribution in [1.29, 1.82) is 0 Å². The first-order chi connectivity index (χ1) is 15.8. The van der Waals surface area contributed by atoms with Crippen molar-refractivity contribution >= 4 is 43.2 Å². The zero-order valence-corrected chi connectivity index (χ0v) is 19.7. The van der Waals surface area contributed by atoms with Crippen LogP contribution in [0.25, 0.3) is 10.2 Å². The number of nitro groups is 1. The van der Waals surface area contributed by atoms with Gasteiger partial charge >= 0.3 is 0 Å². The van der Waals surface area contributed by atoms with Crippen molar-refractivity contribution in [2.24, 2.45) is 4.99 Å². The highest BCUT2D eigenvalue weighted by Gasteiger charge is 2.27. The first-order valence-corrected chi connectivity index (χ1v) is 12.6. The minimum absolute atomic E-state index is 0.114. The third kappa shape index (κ3) is 4.28. The van der Waals surface area contributed by atoms with E-state index < -0.39 is 20.9 Å². The number of carbonyl (C=O) groups excluding carboxylic acids is 1. The zero-order chi connectivity index (χ0) is 23.8. The number of ether oxygens (including phenoxy) is 1. The fourth-order valence-electron chi connectivity index (χ4n) is 3.80. The molecule has 3 aromatic rings. The standard InChI is InChI=1S/C21H22N4O6S2/c1-3-24-19-17(31-2)12-15(25(27)28)13-18(19)32-21(24)22-20(26)14-6-8-16(9-7-14)33(29,30)23-10-4-5-11-23/h6-9,12-13H,3-5,10-11H2,1-2H3. The van der Waals surface area contributed by atoms with Crippen molar-refractivity contribution in [2.45, 2.75) is 31.2 Å². The van der Waals surface area contributed by atoms with Crippen LogP contribution in [0.2, 0.25) is 0 Å².